The summed E-state index contributed by atoms with van der Waals surface area (Å²) < 4.78 is 1.47. The first-order valence-corrected chi connectivity index (χ1v) is 7.41. The third kappa shape index (κ3) is 3.67. The zero-order chi connectivity index (χ0) is 16.3. The molecule has 0 fully saturated rings. The first-order valence-electron chi connectivity index (χ1n) is 6.65. The van der Waals surface area contributed by atoms with Crippen LogP contribution in [-0.2, 0) is 0 Å². The van der Waals surface area contributed by atoms with Crippen LogP contribution in [0.25, 0.3) is 11.8 Å². The average molecular weight is 342 g/mol. The van der Waals surface area contributed by atoms with E-state index in [1.54, 1.807) is 38.2 Å². The molecule has 118 valence electrons. The minimum Gasteiger partial charge on any atom is -0.396 e. The SMILES string of the molecule is CC(C)(CO)[C@@H](O)/C(=C/n1cncn1)c1ccc(Cl)cc1Cl. The maximum absolute atomic E-state index is 10.7. The fourth-order valence-corrected chi connectivity index (χ4v) is 2.46. The van der Waals surface area contributed by atoms with Crippen LogP contribution in [0.15, 0.2) is 30.9 Å². The highest BCUT2D eigenvalue weighted by Crippen LogP contribution is 2.35. The predicted molar refractivity (Wildman–Crippen MR) is 87.5 cm³/mol. The van der Waals surface area contributed by atoms with Crippen molar-refractivity contribution in [2.45, 2.75) is 20.0 Å². The van der Waals surface area contributed by atoms with Gasteiger partial charge in [-0.1, -0.05) is 43.1 Å². The van der Waals surface area contributed by atoms with E-state index in [0.717, 1.165) is 0 Å². The molecule has 0 unspecified atom stereocenters. The molecule has 0 aliphatic carbocycles. The van der Waals surface area contributed by atoms with Crippen LogP contribution in [0.2, 0.25) is 10.0 Å². The van der Waals surface area contributed by atoms with Crippen LogP contribution < -0.4 is 0 Å². The van der Waals surface area contributed by atoms with Gasteiger partial charge in [0.2, 0.25) is 0 Å². The summed E-state index contributed by atoms with van der Waals surface area (Å²) >= 11 is 12.2. The van der Waals surface area contributed by atoms with Gasteiger partial charge in [0.05, 0.1) is 12.7 Å². The van der Waals surface area contributed by atoms with E-state index in [2.05, 4.69) is 10.1 Å². The molecule has 1 aromatic carbocycles. The van der Waals surface area contributed by atoms with Crippen molar-refractivity contribution in [1.82, 2.24) is 14.8 Å². The molecule has 0 radical (unpaired) electrons. The Bertz CT molecular complexity index is 669. The molecule has 0 saturated carbocycles. The highest BCUT2D eigenvalue weighted by Gasteiger charge is 2.31. The number of hydrogen-bond donors (Lipinski definition) is 2. The van der Waals surface area contributed by atoms with E-state index < -0.39 is 11.5 Å². The van der Waals surface area contributed by atoms with E-state index in [4.69, 9.17) is 23.2 Å². The summed E-state index contributed by atoms with van der Waals surface area (Å²) in [7, 11) is 0. The van der Waals surface area contributed by atoms with Crippen LogP contribution in [0.4, 0.5) is 0 Å². The van der Waals surface area contributed by atoms with Gasteiger partial charge in [0.1, 0.15) is 12.7 Å². The number of benzene rings is 1. The largest absolute Gasteiger partial charge is 0.396 e. The lowest BCUT2D eigenvalue weighted by atomic mass is 9.81. The zero-order valence-electron chi connectivity index (χ0n) is 12.2. The molecule has 2 aromatic rings. The number of nitrogens with zero attached hydrogens (tertiary/aromatic N) is 3. The van der Waals surface area contributed by atoms with Gasteiger partial charge >= 0.3 is 0 Å². The van der Waals surface area contributed by atoms with Crippen LogP contribution in [0.1, 0.15) is 19.4 Å². The topological polar surface area (TPSA) is 71.2 Å². The molecule has 2 rings (SSSR count). The van der Waals surface area contributed by atoms with Gasteiger partial charge in [-0.15, -0.1) is 0 Å². The van der Waals surface area contributed by atoms with Crippen molar-refractivity contribution < 1.29 is 10.2 Å². The van der Waals surface area contributed by atoms with Crippen LogP contribution in [0.5, 0.6) is 0 Å². The summed E-state index contributed by atoms with van der Waals surface area (Å²) in [4.78, 5) is 3.87. The van der Waals surface area contributed by atoms with Crippen LogP contribution in [0, 0.1) is 5.41 Å². The fraction of sp³-hybridized carbons (Fsp3) is 0.333. The van der Waals surface area contributed by atoms with Crippen molar-refractivity contribution in [3.63, 3.8) is 0 Å². The van der Waals surface area contributed by atoms with Gasteiger partial charge in [0.25, 0.3) is 0 Å². The maximum Gasteiger partial charge on any atom is 0.138 e. The number of halogens is 2. The smallest absolute Gasteiger partial charge is 0.138 e. The van der Waals surface area contributed by atoms with Crippen molar-refractivity contribution in [3.05, 3.63) is 46.5 Å². The summed E-state index contributed by atoms with van der Waals surface area (Å²) in [6.07, 6.45) is 3.56. The summed E-state index contributed by atoms with van der Waals surface area (Å²) in [6.45, 7) is 3.33. The Hall–Kier alpha value is -1.40. The highest BCUT2D eigenvalue weighted by atomic mass is 35.5. The van der Waals surface area contributed by atoms with E-state index in [0.29, 0.717) is 21.2 Å². The second-order valence-corrected chi connectivity index (χ2v) is 6.48. The lowest BCUT2D eigenvalue weighted by Gasteiger charge is -2.30. The van der Waals surface area contributed by atoms with E-state index in [9.17, 15) is 10.2 Å². The molecule has 1 heterocycles. The highest BCUT2D eigenvalue weighted by molar-refractivity contribution is 6.35. The van der Waals surface area contributed by atoms with E-state index >= 15 is 0 Å². The normalized spacial score (nSPS) is 14.2. The van der Waals surface area contributed by atoms with E-state index in [-0.39, 0.29) is 6.61 Å². The Balaban J connectivity index is 2.55. The molecule has 1 aromatic heterocycles. The van der Waals surface area contributed by atoms with Gasteiger partial charge in [0, 0.05) is 32.8 Å². The summed E-state index contributed by atoms with van der Waals surface area (Å²) in [5.74, 6) is 0. The molecule has 7 heteroatoms. The number of aliphatic hydroxyl groups excluding tert-OH is 2. The summed E-state index contributed by atoms with van der Waals surface area (Å²) in [5, 5.41) is 25.1. The van der Waals surface area contributed by atoms with Crippen molar-refractivity contribution in [2.75, 3.05) is 6.61 Å². The Morgan fingerprint density at radius 2 is 2.14 bits per heavy atom. The standard InChI is InChI=1S/C15H17Cl2N3O2/c1-15(2,7-21)14(22)12(6-20-9-18-8-19-20)11-4-3-10(16)5-13(11)17/h3-6,8-9,14,21-22H,7H2,1-2H3/b12-6+/t14-/m0/s1. The Morgan fingerprint density at radius 3 is 2.68 bits per heavy atom. The first-order chi connectivity index (χ1) is 10.3. The van der Waals surface area contributed by atoms with Gasteiger partial charge in [-0.05, 0) is 12.1 Å². The van der Waals surface area contributed by atoms with E-state index in [1.807, 2.05) is 0 Å². The maximum atomic E-state index is 10.7. The van der Waals surface area contributed by atoms with Crippen molar-refractivity contribution in [3.8, 4) is 0 Å². The number of hydrogen-bond acceptors (Lipinski definition) is 4. The number of aliphatic hydroxyl groups is 2. The molecule has 0 saturated heterocycles. The Morgan fingerprint density at radius 1 is 1.41 bits per heavy atom. The molecule has 5 nitrogen and oxygen atoms in total. The second kappa shape index (κ2) is 6.79. The first kappa shape index (κ1) is 17.0. The molecule has 0 bridgehead atoms. The molecule has 0 spiro atoms. The van der Waals surface area contributed by atoms with Gasteiger partial charge < -0.3 is 10.2 Å². The van der Waals surface area contributed by atoms with Crippen LogP contribution in [-0.4, -0.2) is 37.7 Å². The van der Waals surface area contributed by atoms with Gasteiger partial charge in [-0.2, -0.15) is 5.10 Å². The lowest BCUT2D eigenvalue weighted by Crippen LogP contribution is -2.34. The third-order valence-electron chi connectivity index (χ3n) is 3.39. The zero-order valence-corrected chi connectivity index (χ0v) is 13.8. The number of rotatable bonds is 5. The molecular formula is C15H17Cl2N3O2. The summed E-state index contributed by atoms with van der Waals surface area (Å²) in [5.41, 5.74) is 0.386. The predicted octanol–water partition coefficient (Wildman–Crippen LogP) is 2.96. The Kier molecular flexibility index (Phi) is 5.24. The van der Waals surface area contributed by atoms with Crippen LogP contribution in [0.3, 0.4) is 0 Å². The van der Waals surface area contributed by atoms with Crippen molar-refractivity contribution >= 4 is 35.0 Å². The average Bonchev–Trinajstić information content (AvgIpc) is 2.97. The van der Waals surface area contributed by atoms with Crippen LogP contribution >= 0.6 is 23.2 Å². The molecule has 1 atom stereocenters. The van der Waals surface area contributed by atoms with Gasteiger partial charge in [0.15, 0.2) is 0 Å². The molecule has 2 N–H and O–H groups in total. The van der Waals surface area contributed by atoms with Crippen molar-refractivity contribution in [2.24, 2.45) is 5.41 Å². The minimum atomic E-state index is -0.958. The second-order valence-electron chi connectivity index (χ2n) is 5.63. The van der Waals surface area contributed by atoms with Crippen molar-refractivity contribution in [1.29, 1.82) is 0 Å². The molecular weight excluding hydrogens is 325 g/mol. The van der Waals surface area contributed by atoms with E-state index in [1.165, 1.54) is 17.3 Å². The third-order valence-corrected chi connectivity index (χ3v) is 3.94. The quantitative estimate of drug-likeness (QED) is 0.876. The lowest BCUT2D eigenvalue weighted by molar-refractivity contribution is 0.0446. The fourth-order valence-electron chi connectivity index (χ4n) is 1.95. The molecule has 22 heavy (non-hydrogen) atoms. The van der Waals surface area contributed by atoms with Gasteiger partial charge in [-0.3, -0.25) is 0 Å². The molecule has 0 aliphatic rings. The monoisotopic (exact) mass is 341 g/mol. The van der Waals surface area contributed by atoms with Gasteiger partial charge in [-0.25, -0.2) is 9.67 Å². The molecule has 0 aliphatic heterocycles. The summed E-state index contributed by atoms with van der Waals surface area (Å²) in [6, 6.07) is 5.02. The molecule has 0 amide bonds. The number of aromatic nitrogens is 3. The Labute approximate surface area is 138 Å². The minimum absolute atomic E-state index is 0.186.